The molecule has 1 aromatic heterocycles. The summed E-state index contributed by atoms with van der Waals surface area (Å²) < 4.78 is 5.49. The van der Waals surface area contributed by atoms with Crippen molar-refractivity contribution in [2.45, 2.75) is 25.8 Å². The van der Waals surface area contributed by atoms with Crippen LogP contribution in [0.5, 0.6) is 0 Å². The molecule has 5 nitrogen and oxygen atoms in total. The smallest absolute Gasteiger partial charge is 0.336 e. The first-order chi connectivity index (χ1) is 14.2. The minimum Gasteiger partial charge on any atom is -0.423 e. The van der Waals surface area contributed by atoms with E-state index < -0.39 is 0 Å². The highest BCUT2D eigenvalue weighted by molar-refractivity contribution is 5.94. The molecule has 0 saturated carbocycles. The van der Waals surface area contributed by atoms with Gasteiger partial charge in [0.25, 0.3) is 5.91 Å². The van der Waals surface area contributed by atoms with E-state index in [1.807, 2.05) is 35.2 Å². The molecule has 3 aromatic rings. The van der Waals surface area contributed by atoms with Crippen LogP contribution in [0.4, 0.5) is 0 Å². The van der Waals surface area contributed by atoms with Crippen molar-refractivity contribution in [3.05, 3.63) is 81.2 Å². The average molecular weight is 388 g/mol. The van der Waals surface area contributed by atoms with Gasteiger partial charge in [0.2, 0.25) is 0 Å². The Morgan fingerprint density at radius 1 is 0.931 bits per heavy atom. The van der Waals surface area contributed by atoms with Crippen LogP contribution in [-0.2, 0) is 19.4 Å². The van der Waals surface area contributed by atoms with Gasteiger partial charge in [-0.2, -0.15) is 0 Å². The maximum atomic E-state index is 12.6. The van der Waals surface area contributed by atoms with E-state index in [0.717, 1.165) is 42.4 Å². The number of benzene rings is 2. The molecule has 1 aliphatic heterocycles. The van der Waals surface area contributed by atoms with Crippen LogP contribution < -0.4 is 5.63 Å². The third-order valence-electron chi connectivity index (χ3n) is 6.12. The van der Waals surface area contributed by atoms with Gasteiger partial charge in [0.15, 0.2) is 0 Å². The van der Waals surface area contributed by atoms with Crippen LogP contribution >= 0.6 is 0 Å². The summed E-state index contributed by atoms with van der Waals surface area (Å²) in [6.07, 6.45) is 3.34. The lowest BCUT2D eigenvalue weighted by molar-refractivity contribution is 0.0629. The first-order valence-corrected chi connectivity index (χ1v) is 10.3. The zero-order valence-corrected chi connectivity index (χ0v) is 16.4. The second-order valence-electron chi connectivity index (χ2n) is 8.00. The Balaban J connectivity index is 1.32. The molecule has 5 heteroatoms. The number of carbonyl (C=O) groups excluding carboxylic acids is 1. The van der Waals surface area contributed by atoms with Crippen molar-refractivity contribution in [1.82, 2.24) is 9.80 Å². The molecule has 0 atom stereocenters. The fourth-order valence-electron chi connectivity index (χ4n) is 4.54. The highest BCUT2D eigenvalue weighted by Gasteiger charge is 2.23. The molecule has 2 aromatic carbocycles. The van der Waals surface area contributed by atoms with Crippen LogP contribution in [-0.4, -0.2) is 41.9 Å². The molecule has 1 saturated heterocycles. The Kier molecular flexibility index (Phi) is 4.68. The quantitative estimate of drug-likeness (QED) is 0.647. The van der Waals surface area contributed by atoms with E-state index in [-0.39, 0.29) is 11.5 Å². The summed E-state index contributed by atoms with van der Waals surface area (Å²) in [4.78, 5) is 29.0. The zero-order valence-electron chi connectivity index (χ0n) is 16.4. The van der Waals surface area contributed by atoms with E-state index in [4.69, 9.17) is 4.42 Å². The Morgan fingerprint density at radius 2 is 1.66 bits per heavy atom. The lowest BCUT2D eigenvalue weighted by Crippen LogP contribution is -2.48. The molecule has 0 spiro atoms. The van der Waals surface area contributed by atoms with E-state index in [1.54, 1.807) is 6.07 Å². The van der Waals surface area contributed by atoms with Crippen LogP contribution in [0.3, 0.4) is 0 Å². The number of carbonyl (C=O) groups is 1. The van der Waals surface area contributed by atoms with E-state index in [2.05, 4.69) is 17.0 Å². The highest BCUT2D eigenvalue weighted by atomic mass is 16.4. The minimum absolute atomic E-state index is 0.0895. The predicted octanol–water partition coefficient (Wildman–Crippen LogP) is 3.24. The molecular formula is C24H24N2O3. The maximum Gasteiger partial charge on any atom is 0.336 e. The van der Waals surface area contributed by atoms with E-state index in [1.165, 1.54) is 17.5 Å². The molecule has 0 radical (unpaired) electrons. The zero-order chi connectivity index (χ0) is 19.8. The van der Waals surface area contributed by atoms with Crippen molar-refractivity contribution in [2.24, 2.45) is 0 Å². The number of hydrogen-bond donors (Lipinski definition) is 0. The van der Waals surface area contributed by atoms with Crippen molar-refractivity contribution in [2.75, 3.05) is 26.2 Å². The molecule has 5 rings (SSSR count). The molecule has 2 heterocycles. The predicted molar refractivity (Wildman–Crippen MR) is 112 cm³/mol. The Bertz CT molecular complexity index is 1110. The Morgan fingerprint density at radius 3 is 2.41 bits per heavy atom. The summed E-state index contributed by atoms with van der Waals surface area (Å²) in [6.45, 7) is 3.69. The second kappa shape index (κ2) is 7.48. The van der Waals surface area contributed by atoms with Gasteiger partial charge < -0.3 is 9.32 Å². The summed E-state index contributed by atoms with van der Waals surface area (Å²) >= 11 is 0. The average Bonchev–Trinajstić information content (AvgIpc) is 3.20. The van der Waals surface area contributed by atoms with Crippen molar-refractivity contribution in [3.63, 3.8) is 0 Å². The lowest BCUT2D eigenvalue weighted by atomic mass is 10.0. The van der Waals surface area contributed by atoms with Gasteiger partial charge >= 0.3 is 5.63 Å². The molecule has 0 bridgehead atoms. The van der Waals surface area contributed by atoms with Crippen molar-refractivity contribution in [3.8, 4) is 0 Å². The van der Waals surface area contributed by atoms with E-state index in [9.17, 15) is 9.59 Å². The van der Waals surface area contributed by atoms with Gasteiger partial charge in [-0.1, -0.05) is 18.2 Å². The third-order valence-corrected chi connectivity index (χ3v) is 6.12. The number of amides is 1. The molecule has 29 heavy (non-hydrogen) atoms. The third kappa shape index (κ3) is 3.58. The van der Waals surface area contributed by atoms with Gasteiger partial charge in [0.05, 0.1) is 0 Å². The van der Waals surface area contributed by atoms with Gasteiger partial charge in [-0.25, -0.2) is 4.79 Å². The largest absolute Gasteiger partial charge is 0.423 e. The number of rotatable bonds is 3. The van der Waals surface area contributed by atoms with E-state index >= 15 is 0 Å². The van der Waals surface area contributed by atoms with E-state index in [0.29, 0.717) is 25.2 Å². The van der Waals surface area contributed by atoms with Gasteiger partial charge in [-0.05, 0) is 60.2 Å². The van der Waals surface area contributed by atoms with Gasteiger partial charge in [-0.3, -0.25) is 9.69 Å². The first kappa shape index (κ1) is 18.1. The summed E-state index contributed by atoms with van der Waals surface area (Å²) in [5, 5.41) is 1.05. The molecule has 2 aliphatic rings. The lowest BCUT2D eigenvalue weighted by Gasteiger charge is -2.35. The van der Waals surface area contributed by atoms with Crippen molar-refractivity contribution in [1.29, 1.82) is 0 Å². The number of nitrogens with zero attached hydrogens (tertiary/aromatic N) is 2. The minimum atomic E-state index is -0.289. The monoisotopic (exact) mass is 388 g/mol. The molecule has 1 fully saturated rings. The van der Waals surface area contributed by atoms with Crippen LogP contribution in [0.25, 0.3) is 11.0 Å². The molecule has 148 valence electrons. The number of piperazine rings is 1. The van der Waals surface area contributed by atoms with Gasteiger partial charge in [0, 0.05) is 49.7 Å². The number of hydrogen-bond acceptors (Lipinski definition) is 4. The van der Waals surface area contributed by atoms with Crippen molar-refractivity contribution >= 4 is 16.9 Å². The normalized spacial score (nSPS) is 16.9. The summed E-state index contributed by atoms with van der Waals surface area (Å²) in [5.74, 6) is 0.0895. The summed E-state index contributed by atoms with van der Waals surface area (Å²) in [7, 11) is 0. The molecule has 1 amide bonds. The summed E-state index contributed by atoms with van der Waals surface area (Å²) in [6, 6.07) is 15.3. The second-order valence-corrected chi connectivity index (χ2v) is 8.00. The summed E-state index contributed by atoms with van der Waals surface area (Å²) in [5.41, 5.74) is 4.86. The van der Waals surface area contributed by atoms with Gasteiger partial charge in [-0.15, -0.1) is 0 Å². The first-order valence-electron chi connectivity index (χ1n) is 10.3. The SMILES string of the molecule is O=C(c1ccccc1)N1CCN(Cc2cc(=O)oc3cc4c(cc23)CCC4)CC1. The maximum absolute atomic E-state index is 12.6. The van der Waals surface area contributed by atoms with Crippen LogP contribution in [0.2, 0.25) is 0 Å². The highest BCUT2D eigenvalue weighted by Crippen LogP contribution is 2.29. The fraction of sp³-hybridized carbons (Fsp3) is 0.333. The topological polar surface area (TPSA) is 53.8 Å². The van der Waals surface area contributed by atoms with Crippen LogP contribution in [0.15, 0.2) is 57.7 Å². The van der Waals surface area contributed by atoms with Crippen LogP contribution in [0.1, 0.15) is 33.5 Å². The molecule has 0 unspecified atom stereocenters. The Hall–Kier alpha value is -2.92. The van der Waals surface area contributed by atoms with Gasteiger partial charge in [0.1, 0.15) is 5.58 Å². The molecule has 0 N–H and O–H groups in total. The molecule has 1 aliphatic carbocycles. The Labute approximate surface area is 169 Å². The molecular weight excluding hydrogens is 364 g/mol. The van der Waals surface area contributed by atoms with Crippen molar-refractivity contribution < 1.29 is 9.21 Å². The van der Waals surface area contributed by atoms with Crippen LogP contribution in [0, 0.1) is 0 Å². The standard InChI is InChI=1S/C24H24N2O3/c27-23-15-20(21-13-18-7-4-8-19(18)14-22(21)29-23)16-25-9-11-26(12-10-25)24(28)17-5-2-1-3-6-17/h1-3,5-6,13-15H,4,7-12,16H2. The number of aryl methyl sites for hydroxylation is 2. The fourth-order valence-corrected chi connectivity index (χ4v) is 4.54. The number of fused-ring (bicyclic) bond motifs is 2.